The number of benzene rings is 1. The second-order valence-corrected chi connectivity index (χ2v) is 3.75. The van der Waals surface area contributed by atoms with Gasteiger partial charge in [0.25, 0.3) is 0 Å². The van der Waals surface area contributed by atoms with Crippen molar-refractivity contribution in [2.75, 3.05) is 31.1 Å². The molecule has 0 amide bonds. The zero-order chi connectivity index (χ0) is 10.5. The number of nitrogens with one attached hydrogen (secondary N) is 1. The largest absolute Gasteiger partial charge is 0.370 e. The van der Waals surface area contributed by atoms with Crippen molar-refractivity contribution in [3.05, 3.63) is 29.8 Å². The number of anilines is 1. The molecule has 15 heavy (non-hydrogen) atoms. The third kappa shape index (κ3) is 2.48. The van der Waals surface area contributed by atoms with Crippen molar-refractivity contribution in [3.63, 3.8) is 0 Å². The van der Waals surface area contributed by atoms with Gasteiger partial charge in [0.15, 0.2) is 0 Å². The van der Waals surface area contributed by atoms with Gasteiger partial charge in [0.1, 0.15) is 0 Å². The van der Waals surface area contributed by atoms with Gasteiger partial charge in [0.05, 0.1) is 11.6 Å². The van der Waals surface area contributed by atoms with Crippen LogP contribution in [-0.2, 0) is 0 Å². The molecule has 3 nitrogen and oxygen atoms in total. The van der Waals surface area contributed by atoms with E-state index in [1.165, 1.54) is 12.1 Å². The van der Waals surface area contributed by atoms with Gasteiger partial charge >= 0.3 is 0 Å². The summed E-state index contributed by atoms with van der Waals surface area (Å²) in [6.07, 6.45) is 1.18. The van der Waals surface area contributed by atoms with Gasteiger partial charge in [-0.15, -0.1) is 0 Å². The highest BCUT2D eigenvalue weighted by atomic mass is 15.2. The Morgan fingerprint density at radius 1 is 1.13 bits per heavy atom. The molecule has 0 aromatic heterocycles. The third-order valence-corrected chi connectivity index (χ3v) is 2.70. The molecule has 78 valence electrons. The van der Waals surface area contributed by atoms with Crippen LogP contribution in [0.25, 0.3) is 0 Å². The SMILES string of the molecule is N#Cc1ccc(N2CCCNCC2)cc1. The summed E-state index contributed by atoms with van der Waals surface area (Å²) in [6, 6.07) is 9.97. The van der Waals surface area contributed by atoms with Gasteiger partial charge < -0.3 is 10.2 Å². The standard InChI is InChI=1S/C12H15N3/c13-10-11-2-4-12(5-3-11)15-8-1-6-14-7-9-15/h2-5,14H,1,6-9H2. The van der Waals surface area contributed by atoms with E-state index in [1.807, 2.05) is 24.3 Å². The minimum atomic E-state index is 0.728. The maximum Gasteiger partial charge on any atom is 0.0991 e. The zero-order valence-electron chi connectivity index (χ0n) is 8.74. The Bertz CT molecular complexity index is 342. The van der Waals surface area contributed by atoms with E-state index in [0.29, 0.717) is 0 Å². The Morgan fingerprint density at radius 2 is 1.93 bits per heavy atom. The second-order valence-electron chi connectivity index (χ2n) is 3.75. The average Bonchev–Trinajstić information content (AvgIpc) is 2.58. The molecule has 0 radical (unpaired) electrons. The highest BCUT2D eigenvalue weighted by Gasteiger charge is 2.08. The summed E-state index contributed by atoms with van der Waals surface area (Å²) < 4.78 is 0. The topological polar surface area (TPSA) is 39.1 Å². The fourth-order valence-electron chi connectivity index (χ4n) is 1.85. The Balaban J connectivity index is 2.10. The summed E-state index contributed by atoms with van der Waals surface area (Å²) in [6.45, 7) is 4.29. The molecule has 1 aromatic rings. The summed E-state index contributed by atoms with van der Waals surface area (Å²) in [5, 5.41) is 12.1. The molecule has 0 spiro atoms. The van der Waals surface area contributed by atoms with Gasteiger partial charge in [-0.1, -0.05) is 0 Å². The molecule has 0 unspecified atom stereocenters. The predicted molar refractivity (Wildman–Crippen MR) is 60.9 cm³/mol. The lowest BCUT2D eigenvalue weighted by Gasteiger charge is -2.22. The molecule has 3 heteroatoms. The minimum Gasteiger partial charge on any atom is -0.370 e. The maximum atomic E-state index is 8.71. The van der Waals surface area contributed by atoms with E-state index in [9.17, 15) is 0 Å². The summed E-state index contributed by atoms with van der Waals surface area (Å²) in [4.78, 5) is 2.36. The van der Waals surface area contributed by atoms with Gasteiger partial charge in [-0.05, 0) is 37.2 Å². The van der Waals surface area contributed by atoms with Crippen LogP contribution in [0, 0.1) is 11.3 Å². The van der Waals surface area contributed by atoms with E-state index in [1.54, 1.807) is 0 Å². The molecule has 1 aliphatic rings. The lowest BCUT2D eigenvalue weighted by Crippen LogP contribution is -2.27. The van der Waals surface area contributed by atoms with Crippen molar-refractivity contribution < 1.29 is 0 Å². The molecule has 0 atom stereocenters. The van der Waals surface area contributed by atoms with Crippen LogP contribution in [0.15, 0.2) is 24.3 Å². The number of hydrogen-bond acceptors (Lipinski definition) is 3. The van der Waals surface area contributed by atoms with Gasteiger partial charge in [-0.2, -0.15) is 5.26 Å². The average molecular weight is 201 g/mol. The number of nitrogens with zero attached hydrogens (tertiary/aromatic N) is 2. The van der Waals surface area contributed by atoms with Crippen molar-refractivity contribution in [1.82, 2.24) is 5.32 Å². The zero-order valence-corrected chi connectivity index (χ0v) is 8.74. The highest BCUT2D eigenvalue weighted by Crippen LogP contribution is 2.15. The first-order valence-corrected chi connectivity index (χ1v) is 5.36. The fraction of sp³-hybridized carbons (Fsp3) is 0.417. The molecule has 1 saturated heterocycles. The first-order valence-electron chi connectivity index (χ1n) is 5.36. The first-order chi connectivity index (χ1) is 7.40. The Labute approximate surface area is 90.3 Å². The van der Waals surface area contributed by atoms with Crippen molar-refractivity contribution in [1.29, 1.82) is 5.26 Å². The summed E-state index contributed by atoms with van der Waals surface area (Å²) in [7, 11) is 0. The van der Waals surface area contributed by atoms with Crippen molar-refractivity contribution >= 4 is 5.69 Å². The summed E-state index contributed by atoms with van der Waals surface area (Å²) >= 11 is 0. The predicted octanol–water partition coefficient (Wildman–Crippen LogP) is 1.36. The highest BCUT2D eigenvalue weighted by molar-refractivity contribution is 5.49. The van der Waals surface area contributed by atoms with Crippen LogP contribution < -0.4 is 10.2 Å². The quantitative estimate of drug-likeness (QED) is 0.745. The monoisotopic (exact) mass is 201 g/mol. The van der Waals surface area contributed by atoms with Gasteiger partial charge in [-0.3, -0.25) is 0 Å². The Kier molecular flexibility index (Phi) is 3.21. The van der Waals surface area contributed by atoms with Crippen LogP contribution in [0.5, 0.6) is 0 Å². The lowest BCUT2D eigenvalue weighted by molar-refractivity contribution is 0.724. The summed E-state index contributed by atoms with van der Waals surface area (Å²) in [5.41, 5.74) is 1.95. The van der Waals surface area contributed by atoms with Gasteiger partial charge in [0.2, 0.25) is 0 Å². The number of rotatable bonds is 1. The molecule has 2 rings (SSSR count). The van der Waals surface area contributed by atoms with Crippen molar-refractivity contribution in [2.45, 2.75) is 6.42 Å². The van der Waals surface area contributed by atoms with E-state index in [4.69, 9.17) is 5.26 Å². The molecule has 1 aliphatic heterocycles. The minimum absolute atomic E-state index is 0.728. The van der Waals surface area contributed by atoms with Crippen molar-refractivity contribution in [3.8, 4) is 6.07 Å². The van der Waals surface area contributed by atoms with E-state index in [2.05, 4.69) is 16.3 Å². The lowest BCUT2D eigenvalue weighted by atomic mass is 10.2. The van der Waals surface area contributed by atoms with Crippen molar-refractivity contribution in [2.24, 2.45) is 0 Å². The first kappa shape index (κ1) is 10.0. The normalized spacial score (nSPS) is 16.9. The molecule has 0 aliphatic carbocycles. The Morgan fingerprint density at radius 3 is 2.67 bits per heavy atom. The number of hydrogen-bond donors (Lipinski definition) is 1. The molecule has 1 heterocycles. The van der Waals surface area contributed by atoms with Crippen LogP contribution in [-0.4, -0.2) is 26.2 Å². The molecule has 1 aromatic carbocycles. The smallest absolute Gasteiger partial charge is 0.0991 e. The summed E-state index contributed by atoms with van der Waals surface area (Å²) in [5.74, 6) is 0. The molecule has 0 saturated carbocycles. The molecular formula is C12H15N3. The van der Waals surface area contributed by atoms with Crippen LogP contribution in [0.1, 0.15) is 12.0 Å². The van der Waals surface area contributed by atoms with Crippen LogP contribution in [0.2, 0.25) is 0 Å². The van der Waals surface area contributed by atoms with Crippen LogP contribution >= 0.6 is 0 Å². The van der Waals surface area contributed by atoms with E-state index in [0.717, 1.165) is 31.7 Å². The molecular weight excluding hydrogens is 186 g/mol. The van der Waals surface area contributed by atoms with Crippen LogP contribution in [0.4, 0.5) is 5.69 Å². The molecule has 1 N–H and O–H groups in total. The third-order valence-electron chi connectivity index (χ3n) is 2.70. The second kappa shape index (κ2) is 4.81. The molecule has 1 fully saturated rings. The maximum absolute atomic E-state index is 8.71. The molecule has 0 bridgehead atoms. The van der Waals surface area contributed by atoms with Gasteiger partial charge in [0, 0.05) is 25.3 Å². The fourth-order valence-corrected chi connectivity index (χ4v) is 1.85. The van der Waals surface area contributed by atoms with E-state index < -0.39 is 0 Å². The van der Waals surface area contributed by atoms with E-state index in [-0.39, 0.29) is 0 Å². The number of nitriles is 1. The van der Waals surface area contributed by atoms with Crippen LogP contribution in [0.3, 0.4) is 0 Å². The Hall–Kier alpha value is -1.53. The van der Waals surface area contributed by atoms with E-state index >= 15 is 0 Å². The van der Waals surface area contributed by atoms with Gasteiger partial charge in [-0.25, -0.2) is 0 Å².